The molecule has 2 aliphatic rings. The van der Waals surface area contributed by atoms with Crippen LogP contribution in [-0.4, -0.2) is 39.3 Å². The van der Waals surface area contributed by atoms with E-state index < -0.39 is 17.8 Å². The largest absolute Gasteiger partial charge is 0.413 e. The Bertz CT molecular complexity index is 1930. The summed E-state index contributed by atoms with van der Waals surface area (Å²) < 4.78 is 42.2. The van der Waals surface area contributed by atoms with Gasteiger partial charge in [0.15, 0.2) is 5.54 Å². The smallest absolute Gasteiger partial charge is 0.383 e. The average molecular weight is 639 g/mol. The zero-order valence-electron chi connectivity index (χ0n) is 26.3. The monoisotopic (exact) mass is 638 g/mol. The van der Waals surface area contributed by atoms with Crippen LogP contribution in [0.5, 0.6) is 0 Å². The lowest BCUT2D eigenvalue weighted by atomic mass is 9.93. The highest BCUT2D eigenvalue weighted by Crippen LogP contribution is 2.53. The van der Waals surface area contributed by atoms with E-state index in [0.29, 0.717) is 56.8 Å². The third-order valence-electron chi connectivity index (χ3n) is 8.02. The minimum absolute atomic E-state index is 0.0654. The second-order valence-electron chi connectivity index (χ2n) is 12.7. The molecular weight excluding hydrogens is 605 g/mol. The molecule has 0 saturated heterocycles. The molecule has 1 aromatic carbocycles. The molecule has 4 N–H and O–H groups in total. The molecular formula is C34H33F3N10. The van der Waals surface area contributed by atoms with E-state index in [0.717, 1.165) is 5.01 Å². The molecule has 1 aliphatic heterocycles. The standard InChI is InChI=1S/C34H33F3N10/c1-6-7-21-16-41-25(15-40)12-26(21)20(2)29(28-18-47(46-45-28)33(8-9-33)34(35,36)37)44-24-10-22(13-38)30-27(11-24)31(23(14-39)17-42-30)43-19-32(3,4)5/h6-7,10-12,16-18,29,44-46H,2,8-9,19H2,1,3-5H3,(H,42,43)/b7-6-/t29-/m0/s1. The number of allylic oxidation sites excluding steroid dienone is 1. The Balaban J connectivity index is 1.66. The molecule has 3 aromatic rings. The van der Waals surface area contributed by atoms with Crippen LogP contribution in [0.1, 0.15) is 68.5 Å². The van der Waals surface area contributed by atoms with Crippen molar-refractivity contribution >= 4 is 33.9 Å². The Morgan fingerprint density at radius 2 is 1.81 bits per heavy atom. The van der Waals surface area contributed by atoms with Crippen molar-refractivity contribution in [1.29, 1.82) is 15.8 Å². The quantitative estimate of drug-likeness (QED) is 0.205. The summed E-state index contributed by atoms with van der Waals surface area (Å²) in [4.78, 5) is 8.57. The Morgan fingerprint density at radius 1 is 1.09 bits per heavy atom. The average Bonchev–Trinajstić information content (AvgIpc) is 3.72. The van der Waals surface area contributed by atoms with Gasteiger partial charge in [-0.25, -0.2) is 4.98 Å². The van der Waals surface area contributed by atoms with Crippen molar-refractivity contribution in [3.63, 3.8) is 0 Å². The van der Waals surface area contributed by atoms with Crippen molar-refractivity contribution in [2.45, 2.75) is 58.3 Å². The Hall–Kier alpha value is -5.58. The molecule has 13 heteroatoms. The highest BCUT2D eigenvalue weighted by atomic mass is 19.4. The molecule has 1 fully saturated rings. The molecule has 1 aliphatic carbocycles. The fraction of sp³-hybridized carbons (Fsp3) is 0.324. The van der Waals surface area contributed by atoms with Crippen LogP contribution in [0.15, 0.2) is 55.1 Å². The third kappa shape index (κ3) is 6.42. The summed E-state index contributed by atoms with van der Waals surface area (Å²) in [7, 11) is 0. The molecule has 2 aromatic heterocycles. The number of anilines is 2. The number of hydrogen-bond donors (Lipinski definition) is 4. The van der Waals surface area contributed by atoms with Crippen molar-refractivity contribution < 1.29 is 13.2 Å². The van der Waals surface area contributed by atoms with Gasteiger partial charge in [0.05, 0.1) is 34.1 Å². The first-order chi connectivity index (χ1) is 22.2. The van der Waals surface area contributed by atoms with Gasteiger partial charge in [-0.2, -0.15) is 29.0 Å². The topological polar surface area (TPSA) is 149 Å². The number of nitrogens with one attached hydrogen (secondary N) is 4. The third-order valence-corrected chi connectivity index (χ3v) is 8.02. The van der Waals surface area contributed by atoms with Gasteiger partial charge in [0.1, 0.15) is 23.9 Å². The van der Waals surface area contributed by atoms with E-state index in [1.165, 1.54) is 18.6 Å². The van der Waals surface area contributed by atoms with Crippen molar-refractivity contribution in [3.05, 3.63) is 83.1 Å². The molecule has 0 radical (unpaired) electrons. The van der Waals surface area contributed by atoms with Crippen molar-refractivity contribution in [1.82, 2.24) is 25.9 Å². The van der Waals surface area contributed by atoms with Gasteiger partial charge < -0.3 is 16.1 Å². The van der Waals surface area contributed by atoms with E-state index in [1.807, 2.05) is 33.8 Å². The van der Waals surface area contributed by atoms with E-state index in [4.69, 9.17) is 0 Å². The zero-order valence-corrected chi connectivity index (χ0v) is 26.3. The van der Waals surface area contributed by atoms with Crippen molar-refractivity contribution in [3.8, 4) is 18.2 Å². The second kappa shape index (κ2) is 12.3. The van der Waals surface area contributed by atoms with Crippen LogP contribution in [-0.2, 0) is 0 Å². The van der Waals surface area contributed by atoms with E-state index in [-0.39, 0.29) is 29.5 Å². The molecule has 240 valence electrons. The highest BCUT2D eigenvalue weighted by Gasteiger charge is 2.67. The first-order valence-corrected chi connectivity index (χ1v) is 14.8. The Morgan fingerprint density at radius 3 is 2.40 bits per heavy atom. The van der Waals surface area contributed by atoms with E-state index in [2.05, 4.69) is 50.3 Å². The number of nitriles is 3. The maximum Gasteiger partial charge on any atom is 0.413 e. The number of halogens is 3. The zero-order chi connectivity index (χ0) is 34.1. The normalized spacial score (nSPS) is 16.1. The molecule has 1 saturated carbocycles. The number of fused-ring (bicyclic) bond motifs is 1. The maximum atomic E-state index is 14.1. The van der Waals surface area contributed by atoms with Crippen LogP contribution in [0, 0.1) is 39.4 Å². The van der Waals surface area contributed by atoms with Crippen LogP contribution in [0.25, 0.3) is 22.6 Å². The van der Waals surface area contributed by atoms with Crippen LogP contribution in [0.4, 0.5) is 24.5 Å². The van der Waals surface area contributed by atoms with E-state index in [9.17, 15) is 29.0 Å². The van der Waals surface area contributed by atoms with Gasteiger partial charge in [-0.3, -0.25) is 9.99 Å². The number of hydrazine groups is 2. The van der Waals surface area contributed by atoms with Crippen molar-refractivity contribution in [2.75, 3.05) is 17.2 Å². The summed E-state index contributed by atoms with van der Waals surface area (Å²) in [5, 5.41) is 37.9. The van der Waals surface area contributed by atoms with Gasteiger partial charge in [-0.1, -0.05) is 39.5 Å². The predicted molar refractivity (Wildman–Crippen MR) is 173 cm³/mol. The van der Waals surface area contributed by atoms with Crippen LogP contribution < -0.4 is 21.6 Å². The Labute approximate surface area is 270 Å². The lowest BCUT2D eigenvalue weighted by Crippen LogP contribution is -2.52. The summed E-state index contributed by atoms with van der Waals surface area (Å²) in [5.41, 5.74) is 7.30. The molecule has 0 spiro atoms. The Kier molecular flexibility index (Phi) is 8.59. The highest BCUT2D eigenvalue weighted by molar-refractivity contribution is 5.99. The fourth-order valence-corrected chi connectivity index (χ4v) is 5.38. The van der Waals surface area contributed by atoms with Gasteiger partial charge >= 0.3 is 6.18 Å². The summed E-state index contributed by atoms with van der Waals surface area (Å²) in [6.07, 6.45) is 3.31. The van der Waals surface area contributed by atoms with Crippen LogP contribution >= 0.6 is 0 Å². The molecule has 10 nitrogen and oxygen atoms in total. The molecule has 1 atom stereocenters. The summed E-state index contributed by atoms with van der Waals surface area (Å²) in [6.45, 7) is 12.8. The van der Waals surface area contributed by atoms with E-state index >= 15 is 0 Å². The minimum Gasteiger partial charge on any atom is -0.383 e. The first-order valence-electron chi connectivity index (χ1n) is 14.8. The molecule has 0 amide bonds. The molecule has 47 heavy (non-hydrogen) atoms. The summed E-state index contributed by atoms with van der Waals surface area (Å²) in [6, 6.07) is 10.4. The molecule has 3 heterocycles. The number of nitrogens with zero attached hydrogens (tertiary/aromatic N) is 6. The number of rotatable bonds is 9. The lowest BCUT2D eigenvalue weighted by Gasteiger charge is -2.28. The number of benzene rings is 1. The lowest BCUT2D eigenvalue weighted by molar-refractivity contribution is -0.195. The second-order valence-corrected chi connectivity index (χ2v) is 12.7. The molecule has 0 unspecified atom stereocenters. The van der Waals surface area contributed by atoms with Gasteiger partial charge in [-0.05, 0) is 54.5 Å². The van der Waals surface area contributed by atoms with Gasteiger partial charge in [0.25, 0.3) is 0 Å². The van der Waals surface area contributed by atoms with Gasteiger partial charge in [-0.15, -0.1) is 5.53 Å². The first kappa shape index (κ1) is 32.8. The van der Waals surface area contributed by atoms with Gasteiger partial charge in [0.2, 0.25) is 0 Å². The number of alkyl halides is 3. The number of hydrogen-bond acceptors (Lipinski definition) is 10. The molecule has 5 rings (SSSR count). The van der Waals surface area contributed by atoms with Crippen LogP contribution in [0.3, 0.4) is 0 Å². The number of pyridine rings is 2. The van der Waals surface area contributed by atoms with Gasteiger partial charge in [0, 0.05) is 41.8 Å². The number of aromatic nitrogens is 2. The maximum absolute atomic E-state index is 14.1. The molecule has 0 bridgehead atoms. The van der Waals surface area contributed by atoms with Crippen molar-refractivity contribution in [2.24, 2.45) is 5.41 Å². The predicted octanol–water partition coefficient (Wildman–Crippen LogP) is 6.49. The summed E-state index contributed by atoms with van der Waals surface area (Å²) >= 11 is 0. The van der Waals surface area contributed by atoms with E-state index in [1.54, 1.807) is 30.4 Å². The summed E-state index contributed by atoms with van der Waals surface area (Å²) in [5.74, 6) is 0. The fourth-order valence-electron chi connectivity index (χ4n) is 5.38. The SMILES string of the molecule is C=C(c1cc(C#N)ncc1/C=C\C)[C@H](Nc1cc(C#N)c2ncc(C#N)c(NCC(C)(C)C)c2c1)C1=CN(C2(C(F)(F)F)CC2)NN1. The van der Waals surface area contributed by atoms with Crippen LogP contribution in [0.2, 0.25) is 0 Å². The minimum atomic E-state index is -4.47.